The molecular weight excluding hydrogens is 515 g/mol. The number of benzene rings is 3. The number of fused-ring (bicyclic) bond motifs is 1. The molecule has 11 heteroatoms. The predicted octanol–water partition coefficient (Wildman–Crippen LogP) is 0.550. The normalized spacial score (nSPS) is 10.3. The van der Waals surface area contributed by atoms with Crippen molar-refractivity contribution in [3.05, 3.63) is 119 Å². The number of carbonyl (C=O) groups is 2. The van der Waals surface area contributed by atoms with Crippen LogP contribution in [-0.2, 0) is 17.8 Å². The van der Waals surface area contributed by atoms with Crippen molar-refractivity contribution in [2.24, 2.45) is 0 Å². The largest absolute Gasteiger partial charge is 1.00 e. The average Bonchev–Trinajstić information content (AvgIpc) is 3.25. The van der Waals surface area contributed by atoms with Gasteiger partial charge in [0.1, 0.15) is 5.56 Å². The number of carboxylic acid groups (broad SMARTS) is 1. The molecule has 0 unspecified atom stereocenters. The van der Waals surface area contributed by atoms with Gasteiger partial charge in [-0.1, -0.05) is 48.5 Å². The first kappa shape index (κ1) is 30.8. The van der Waals surface area contributed by atoms with Crippen LogP contribution in [0.3, 0.4) is 0 Å². The smallest absolute Gasteiger partial charge is 0.478 e. The van der Waals surface area contributed by atoms with Crippen LogP contribution in [0.4, 0.5) is 5.95 Å². The van der Waals surface area contributed by atoms with Gasteiger partial charge in [-0.25, -0.2) is 14.9 Å². The third kappa shape index (κ3) is 7.66. The molecule has 0 spiro atoms. The summed E-state index contributed by atoms with van der Waals surface area (Å²) < 4.78 is 2.99. The van der Waals surface area contributed by atoms with Gasteiger partial charge in [0.25, 0.3) is 0 Å². The van der Waals surface area contributed by atoms with Gasteiger partial charge in [-0.05, 0) is 47.5 Å². The van der Waals surface area contributed by atoms with Gasteiger partial charge in [0.2, 0.25) is 11.9 Å². The Morgan fingerprint density at radius 2 is 1.68 bits per heavy atom. The second kappa shape index (κ2) is 13.5. The van der Waals surface area contributed by atoms with E-state index in [0.29, 0.717) is 30.2 Å². The maximum Gasteiger partial charge on any atom is 1.00 e. The summed E-state index contributed by atoms with van der Waals surface area (Å²) in [4.78, 5) is 39.9. The van der Waals surface area contributed by atoms with Gasteiger partial charge < -0.3 is 29.8 Å². The van der Waals surface area contributed by atoms with Crippen LogP contribution < -0.4 is 30.2 Å². The number of carbonyl (C=O) groups excluding carboxylic acids is 1. The summed E-state index contributed by atoms with van der Waals surface area (Å²) in [6.07, 6.45) is 0.315. The van der Waals surface area contributed by atoms with Crippen LogP contribution in [0.25, 0.3) is 22.3 Å². The van der Waals surface area contributed by atoms with Crippen LogP contribution in [0.5, 0.6) is 0 Å². The number of likely N-dealkylation sites (N-methyl/N-ethyl adjacent to an activating group) is 1. The molecule has 0 radical (unpaired) electrons. The van der Waals surface area contributed by atoms with Gasteiger partial charge in [0.05, 0.1) is 35.3 Å². The minimum atomic E-state index is -0.879. The number of hydrogen-bond donors (Lipinski definition) is 2. The first-order chi connectivity index (χ1) is 19.1. The Balaban J connectivity index is 0.000000396. The summed E-state index contributed by atoms with van der Waals surface area (Å²) in [6.45, 7) is 0.505. The van der Waals surface area contributed by atoms with E-state index in [-0.39, 0.29) is 30.3 Å². The number of hydrogen-bond acceptors (Lipinski definition) is 6. The zero-order chi connectivity index (χ0) is 28.8. The first-order valence-corrected chi connectivity index (χ1v) is 12.4. The SMILES string of the molecule is O=C(O)c1ccccc1.[CH2-]n1nc(-c2cccc(Cn3c(N)nc4ccc(CC(=O)N(C)C)cc43)c2)ccc1=O.[Li+]. The average molecular weight is 545 g/mol. The maximum absolute atomic E-state index is 12.1. The molecule has 5 aromatic rings. The molecular formula is C30H29LiN6O4. The second-order valence-electron chi connectivity index (χ2n) is 9.27. The molecule has 41 heavy (non-hydrogen) atoms. The van der Waals surface area contributed by atoms with Crippen molar-refractivity contribution >= 4 is 28.9 Å². The van der Waals surface area contributed by atoms with E-state index in [9.17, 15) is 14.4 Å². The van der Waals surface area contributed by atoms with E-state index in [0.717, 1.165) is 32.4 Å². The van der Waals surface area contributed by atoms with Crippen molar-refractivity contribution in [1.29, 1.82) is 0 Å². The molecule has 10 nitrogen and oxygen atoms in total. The van der Waals surface area contributed by atoms with E-state index in [2.05, 4.69) is 17.1 Å². The van der Waals surface area contributed by atoms with Crippen molar-refractivity contribution in [3.8, 4) is 11.3 Å². The molecule has 0 aliphatic heterocycles. The van der Waals surface area contributed by atoms with Gasteiger partial charge in [0, 0.05) is 19.7 Å². The van der Waals surface area contributed by atoms with E-state index in [1.165, 1.54) is 6.07 Å². The van der Waals surface area contributed by atoms with Crippen molar-refractivity contribution in [3.63, 3.8) is 0 Å². The van der Waals surface area contributed by atoms with E-state index >= 15 is 0 Å². The van der Waals surface area contributed by atoms with Crippen molar-refractivity contribution < 1.29 is 33.6 Å². The number of anilines is 1. The zero-order valence-electron chi connectivity index (χ0n) is 23.2. The van der Waals surface area contributed by atoms with Crippen LogP contribution in [0.2, 0.25) is 0 Å². The van der Waals surface area contributed by atoms with Crippen LogP contribution in [0.1, 0.15) is 21.5 Å². The molecule has 0 bridgehead atoms. The van der Waals surface area contributed by atoms with E-state index in [1.807, 2.05) is 47.0 Å². The van der Waals surface area contributed by atoms with Crippen LogP contribution in [-0.4, -0.2) is 55.3 Å². The number of nitrogen functional groups attached to an aromatic ring is 1. The molecule has 3 aromatic carbocycles. The van der Waals surface area contributed by atoms with Gasteiger partial charge in [-0.15, -0.1) is 0 Å². The molecule has 2 aromatic heterocycles. The summed E-state index contributed by atoms with van der Waals surface area (Å²) in [5.41, 5.74) is 11.4. The van der Waals surface area contributed by atoms with E-state index in [1.54, 1.807) is 55.4 Å². The fraction of sp³-hybridized carbons (Fsp3) is 0.133. The Kier molecular flexibility index (Phi) is 10.1. The van der Waals surface area contributed by atoms with Crippen molar-refractivity contribution in [2.45, 2.75) is 13.0 Å². The summed E-state index contributed by atoms with van der Waals surface area (Å²) in [5, 5.41) is 12.6. The number of carboxylic acids is 1. The van der Waals surface area contributed by atoms with Crippen molar-refractivity contribution in [2.75, 3.05) is 19.8 Å². The van der Waals surface area contributed by atoms with Gasteiger partial charge in [0.15, 0.2) is 0 Å². The van der Waals surface area contributed by atoms with Gasteiger partial charge in [-0.3, -0.25) is 4.79 Å². The quantitative estimate of drug-likeness (QED) is 0.235. The Morgan fingerprint density at radius 1 is 0.951 bits per heavy atom. The fourth-order valence-corrected chi connectivity index (χ4v) is 3.99. The summed E-state index contributed by atoms with van der Waals surface area (Å²) in [7, 11) is 7.10. The third-order valence-corrected chi connectivity index (χ3v) is 6.15. The number of nitrogens with zero attached hydrogens (tertiary/aromatic N) is 5. The first-order valence-electron chi connectivity index (χ1n) is 12.4. The molecule has 0 atom stereocenters. The maximum atomic E-state index is 12.1. The molecule has 0 saturated carbocycles. The molecule has 204 valence electrons. The Bertz CT molecular complexity index is 1730. The molecule has 0 saturated heterocycles. The molecule has 0 aliphatic carbocycles. The van der Waals surface area contributed by atoms with Crippen LogP contribution in [0, 0.1) is 7.05 Å². The third-order valence-electron chi connectivity index (χ3n) is 6.15. The molecule has 1 amide bonds. The monoisotopic (exact) mass is 544 g/mol. The molecule has 5 rings (SSSR count). The summed E-state index contributed by atoms with van der Waals surface area (Å²) >= 11 is 0. The Morgan fingerprint density at radius 3 is 2.32 bits per heavy atom. The van der Waals surface area contributed by atoms with Gasteiger partial charge >= 0.3 is 24.8 Å². The second-order valence-corrected chi connectivity index (χ2v) is 9.27. The van der Waals surface area contributed by atoms with E-state index in [4.69, 9.17) is 10.8 Å². The fourth-order valence-electron chi connectivity index (χ4n) is 3.99. The summed E-state index contributed by atoms with van der Waals surface area (Å²) in [5.74, 6) is -0.443. The van der Waals surface area contributed by atoms with Gasteiger partial charge in [-0.2, -0.15) is 7.05 Å². The molecule has 0 aliphatic rings. The predicted molar refractivity (Wildman–Crippen MR) is 154 cm³/mol. The minimum absolute atomic E-state index is 0. The number of aromatic carboxylic acids is 1. The standard InChI is InChI=1S/C23H23N6O2.C7H6O2.Li/c1-27(2)22(31)13-15-7-8-19-20(12-15)29(23(24)25-19)14-16-5-4-6-17(11-16)18-9-10-21(30)28(3)26-18;8-7(9)6-4-2-1-3-5-6;/h4-12H,3,13-14H2,1-2H3,(H2,24,25);1-5H,(H,8,9);/q-1;;+1. The Hall–Kier alpha value is -4.78. The molecule has 2 heterocycles. The number of rotatable bonds is 6. The van der Waals surface area contributed by atoms with Crippen molar-refractivity contribution in [1.82, 2.24) is 24.2 Å². The Labute approximate surface area is 249 Å². The number of imidazole rings is 1. The minimum Gasteiger partial charge on any atom is -0.478 e. The molecule has 0 fully saturated rings. The summed E-state index contributed by atoms with van der Waals surface area (Å²) in [6, 6.07) is 25.0. The number of amides is 1. The zero-order valence-corrected chi connectivity index (χ0v) is 23.2. The van der Waals surface area contributed by atoms with Crippen LogP contribution >= 0.6 is 0 Å². The molecule has 3 N–H and O–H groups in total. The number of nitrogens with two attached hydrogens (primary N) is 1. The van der Waals surface area contributed by atoms with E-state index < -0.39 is 5.97 Å². The topological polar surface area (TPSA) is 136 Å². The number of aromatic nitrogens is 4. The van der Waals surface area contributed by atoms with Crippen LogP contribution in [0.15, 0.2) is 89.7 Å².